The van der Waals surface area contributed by atoms with Crippen molar-refractivity contribution in [3.05, 3.63) is 24.4 Å². The summed E-state index contributed by atoms with van der Waals surface area (Å²) in [5.74, 6) is 1.11. The Hall–Kier alpha value is -1.05. The molecule has 0 spiro atoms. The van der Waals surface area contributed by atoms with E-state index in [1.165, 1.54) is 0 Å². The van der Waals surface area contributed by atoms with Crippen molar-refractivity contribution >= 4 is 5.84 Å². The molecule has 0 aliphatic carbocycles. The molecule has 0 saturated carbocycles. The number of fused-ring (bicyclic) bond motifs is 1. The van der Waals surface area contributed by atoms with Gasteiger partial charge in [-0.15, -0.1) is 0 Å². The highest BCUT2D eigenvalue weighted by molar-refractivity contribution is 5.96. The van der Waals surface area contributed by atoms with Crippen LogP contribution in [0.4, 0.5) is 0 Å². The Morgan fingerprint density at radius 2 is 2.50 bits per heavy atom. The summed E-state index contributed by atoms with van der Waals surface area (Å²) in [7, 11) is 0. The normalized spacial score (nSPS) is 28.7. The third-order valence-electron chi connectivity index (χ3n) is 1.86. The first-order chi connectivity index (χ1) is 4.88. The molecule has 0 amide bonds. The van der Waals surface area contributed by atoms with E-state index in [9.17, 15) is 0 Å². The fourth-order valence-electron chi connectivity index (χ4n) is 1.27. The van der Waals surface area contributed by atoms with Gasteiger partial charge < -0.3 is 4.90 Å². The highest BCUT2D eigenvalue weighted by Gasteiger charge is 2.20. The number of nitrogens with zero attached hydrogens (tertiary/aromatic N) is 2. The zero-order valence-corrected chi connectivity index (χ0v) is 5.99. The average Bonchev–Trinajstić information content (AvgIpc) is 2.34. The number of aliphatic imine (C=N–C) groups is 1. The van der Waals surface area contributed by atoms with Gasteiger partial charge >= 0.3 is 0 Å². The standard InChI is InChI=1S/C8H10N2/c1-7-6-9-8-4-2-3-5-10(7)8/h2-5,7H,6H2,1H3. The van der Waals surface area contributed by atoms with Gasteiger partial charge in [0.05, 0.1) is 12.6 Å². The van der Waals surface area contributed by atoms with E-state index in [2.05, 4.69) is 23.0 Å². The molecular formula is C8H10N2. The third-order valence-corrected chi connectivity index (χ3v) is 1.86. The van der Waals surface area contributed by atoms with Gasteiger partial charge in [0.15, 0.2) is 0 Å². The predicted molar refractivity (Wildman–Crippen MR) is 41.9 cm³/mol. The molecule has 1 atom stereocenters. The SMILES string of the molecule is CC1CN=C2C=CC=CN21. The first-order valence-electron chi connectivity index (χ1n) is 3.55. The van der Waals surface area contributed by atoms with E-state index in [0.717, 1.165) is 12.4 Å². The highest BCUT2D eigenvalue weighted by Crippen LogP contribution is 2.13. The molecule has 0 aromatic rings. The number of hydrogen-bond donors (Lipinski definition) is 0. The van der Waals surface area contributed by atoms with Crippen molar-refractivity contribution in [1.82, 2.24) is 4.90 Å². The van der Waals surface area contributed by atoms with Gasteiger partial charge in [0, 0.05) is 6.20 Å². The van der Waals surface area contributed by atoms with Crippen LogP contribution in [0.2, 0.25) is 0 Å². The molecular weight excluding hydrogens is 124 g/mol. The quantitative estimate of drug-likeness (QED) is 0.485. The minimum Gasteiger partial charge on any atom is -0.329 e. The molecule has 0 radical (unpaired) electrons. The van der Waals surface area contributed by atoms with Crippen LogP contribution in [0.3, 0.4) is 0 Å². The molecule has 1 unspecified atom stereocenters. The molecule has 0 fully saturated rings. The Labute approximate surface area is 60.6 Å². The van der Waals surface area contributed by atoms with Crippen LogP contribution >= 0.6 is 0 Å². The second-order valence-electron chi connectivity index (χ2n) is 2.66. The molecule has 2 aliphatic rings. The molecule has 0 N–H and O–H groups in total. The Bertz CT molecular complexity index is 225. The van der Waals surface area contributed by atoms with Gasteiger partial charge in [0.2, 0.25) is 0 Å². The topological polar surface area (TPSA) is 15.6 Å². The van der Waals surface area contributed by atoms with Gasteiger partial charge in [-0.2, -0.15) is 0 Å². The Kier molecular flexibility index (Phi) is 1.13. The van der Waals surface area contributed by atoms with Crippen LogP contribution < -0.4 is 0 Å². The largest absolute Gasteiger partial charge is 0.329 e. The minimum atomic E-state index is 0.552. The lowest BCUT2D eigenvalue weighted by atomic mass is 10.3. The average molecular weight is 134 g/mol. The van der Waals surface area contributed by atoms with Gasteiger partial charge in [0.1, 0.15) is 5.84 Å². The summed E-state index contributed by atoms with van der Waals surface area (Å²) in [6, 6.07) is 0.552. The summed E-state index contributed by atoms with van der Waals surface area (Å²) in [5.41, 5.74) is 0. The van der Waals surface area contributed by atoms with Crippen molar-refractivity contribution in [3.8, 4) is 0 Å². The Morgan fingerprint density at radius 1 is 1.60 bits per heavy atom. The summed E-state index contributed by atoms with van der Waals surface area (Å²) < 4.78 is 0. The summed E-state index contributed by atoms with van der Waals surface area (Å²) in [4.78, 5) is 6.54. The molecule has 2 heteroatoms. The maximum Gasteiger partial charge on any atom is 0.127 e. The summed E-state index contributed by atoms with van der Waals surface area (Å²) in [6.07, 6.45) is 8.19. The molecule has 10 heavy (non-hydrogen) atoms. The van der Waals surface area contributed by atoms with Crippen LogP contribution in [-0.2, 0) is 0 Å². The van der Waals surface area contributed by atoms with Crippen molar-refractivity contribution in [3.63, 3.8) is 0 Å². The van der Waals surface area contributed by atoms with Crippen LogP contribution in [0.1, 0.15) is 6.92 Å². The smallest absolute Gasteiger partial charge is 0.127 e. The Morgan fingerprint density at radius 3 is 3.30 bits per heavy atom. The monoisotopic (exact) mass is 134 g/mol. The van der Waals surface area contributed by atoms with E-state index in [1.54, 1.807) is 0 Å². The maximum atomic E-state index is 4.34. The number of hydrogen-bond acceptors (Lipinski definition) is 2. The summed E-state index contributed by atoms with van der Waals surface area (Å²) >= 11 is 0. The van der Waals surface area contributed by atoms with Gasteiger partial charge in [-0.05, 0) is 19.1 Å². The van der Waals surface area contributed by atoms with Crippen LogP contribution in [0.25, 0.3) is 0 Å². The van der Waals surface area contributed by atoms with Gasteiger partial charge in [-0.25, -0.2) is 0 Å². The molecule has 2 nitrogen and oxygen atoms in total. The molecule has 2 rings (SSSR count). The lowest BCUT2D eigenvalue weighted by Crippen LogP contribution is -2.29. The predicted octanol–water partition coefficient (Wildman–Crippen LogP) is 1.17. The first kappa shape index (κ1) is 5.71. The number of rotatable bonds is 0. The van der Waals surface area contributed by atoms with E-state index in [0.29, 0.717) is 6.04 Å². The molecule has 0 aromatic carbocycles. The fourth-order valence-corrected chi connectivity index (χ4v) is 1.27. The van der Waals surface area contributed by atoms with E-state index < -0.39 is 0 Å². The first-order valence-corrected chi connectivity index (χ1v) is 3.55. The number of amidine groups is 1. The maximum absolute atomic E-state index is 4.34. The van der Waals surface area contributed by atoms with Gasteiger partial charge in [0.25, 0.3) is 0 Å². The van der Waals surface area contributed by atoms with Gasteiger partial charge in [-0.1, -0.05) is 6.08 Å². The van der Waals surface area contributed by atoms with Crippen LogP contribution in [0, 0.1) is 0 Å². The zero-order valence-electron chi connectivity index (χ0n) is 5.99. The second-order valence-corrected chi connectivity index (χ2v) is 2.66. The summed E-state index contributed by atoms with van der Waals surface area (Å²) in [6.45, 7) is 3.12. The van der Waals surface area contributed by atoms with Crippen molar-refractivity contribution in [2.45, 2.75) is 13.0 Å². The van der Waals surface area contributed by atoms with E-state index in [-0.39, 0.29) is 0 Å². The minimum absolute atomic E-state index is 0.552. The lowest BCUT2D eigenvalue weighted by molar-refractivity contribution is 0.473. The molecule has 52 valence electrons. The van der Waals surface area contributed by atoms with Gasteiger partial charge in [-0.3, -0.25) is 4.99 Å². The highest BCUT2D eigenvalue weighted by atomic mass is 15.2. The van der Waals surface area contributed by atoms with Crippen molar-refractivity contribution < 1.29 is 0 Å². The van der Waals surface area contributed by atoms with Crippen LogP contribution in [-0.4, -0.2) is 23.3 Å². The second kappa shape index (κ2) is 1.97. The lowest BCUT2D eigenvalue weighted by Gasteiger charge is -2.20. The van der Waals surface area contributed by atoms with E-state index >= 15 is 0 Å². The summed E-state index contributed by atoms with van der Waals surface area (Å²) in [5, 5.41) is 0. The van der Waals surface area contributed by atoms with Crippen LogP contribution in [0.5, 0.6) is 0 Å². The molecule has 2 aliphatic heterocycles. The third kappa shape index (κ3) is 0.685. The molecule has 0 bridgehead atoms. The van der Waals surface area contributed by atoms with Crippen LogP contribution in [0.15, 0.2) is 29.4 Å². The fraction of sp³-hybridized carbons (Fsp3) is 0.375. The molecule has 2 heterocycles. The van der Waals surface area contributed by atoms with Crippen molar-refractivity contribution in [2.75, 3.05) is 6.54 Å². The Balaban J connectivity index is 2.30. The van der Waals surface area contributed by atoms with E-state index in [4.69, 9.17) is 0 Å². The molecule has 0 aromatic heterocycles. The molecule has 0 saturated heterocycles. The van der Waals surface area contributed by atoms with E-state index in [1.807, 2.05) is 18.2 Å². The van der Waals surface area contributed by atoms with Crippen molar-refractivity contribution in [2.24, 2.45) is 4.99 Å². The zero-order chi connectivity index (χ0) is 6.97. The number of allylic oxidation sites excluding steroid dienone is 2. The van der Waals surface area contributed by atoms with Crippen molar-refractivity contribution in [1.29, 1.82) is 0 Å².